The smallest absolute Gasteiger partial charge is 0.0343 e. The van der Waals surface area contributed by atoms with Crippen LogP contribution in [-0.2, 0) is 0 Å². The molecule has 1 heteroatoms. The summed E-state index contributed by atoms with van der Waals surface area (Å²) >= 11 is 0. The van der Waals surface area contributed by atoms with E-state index in [1.807, 2.05) is 0 Å². The van der Waals surface area contributed by atoms with Crippen LogP contribution in [0, 0.1) is 0 Å². The quantitative estimate of drug-likeness (QED) is 0.798. The highest BCUT2D eigenvalue weighted by atomic mass is 15.0. The maximum Gasteiger partial charge on any atom is 0.0343 e. The molecule has 0 aromatic heterocycles. The summed E-state index contributed by atoms with van der Waals surface area (Å²) in [5.41, 5.74) is 2.80. The average Bonchev–Trinajstić information content (AvgIpc) is 2.30. The zero-order valence-electron chi connectivity index (χ0n) is 9.14. The van der Waals surface area contributed by atoms with E-state index < -0.39 is 0 Å². The van der Waals surface area contributed by atoms with Gasteiger partial charge in [-0.1, -0.05) is 60.7 Å². The van der Waals surface area contributed by atoms with E-state index in [1.165, 1.54) is 17.5 Å². The maximum absolute atomic E-state index is 3.61. The van der Waals surface area contributed by atoms with Crippen molar-refractivity contribution >= 4 is 0 Å². The van der Waals surface area contributed by atoms with Crippen LogP contribution in [-0.4, -0.2) is 0 Å². The van der Waals surface area contributed by atoms with E-state index >= 15 is 0 Å². The molecule has 1 saturated heterocycles. The Hall–Kier alpha value is -1.60. The van der Waals surface area contributed by atoms with Gasteiger partial charge in [-0.05, 0) is 17.5 Å². The largest absolute Gasteiger partial charge is 0.303 e. The summed E-state index contributed by atoms with van der Waals surface area (Å²) in [6, 6.07) is 22.4. The summed E-state index contributed by atoms with van der Waals surface area (Å²) in [7, 11) is 0. The Bertz CT molecular complexity index is 400. The van der Waals surface area contributed by atoms with Crippen LogP contribution >= 0.6 is 0 Å². The summed E-state index contributed by atoms with van der Waals surface area (Å²) in [6.45, 7) is 0. The van der Waals surface area contributed by atoms with Crippen molar-refractivity contribution in [3.63, 3.8) is 0 Å². The van der Waals surface area contributed by atoms with Gasteiger partial charge < -0.3 is 5.32 Å². The Labute approximate surface area is 96.1 Å². The van der Waals surface area contributed by atoms with E-state index in [0.717, 1.165) is 0 Å². The van der Waals surface area contributed by atoms with Crippen molar-refractivity contribution in [2.45, 2.75) is 18.5 Å². The highest BCUT2D eigenvalue weighted by Gasteiger charge is 2.29. The van der Waals surface area contributed by atoms with Crippen LogP contribution in [0.5, 0.6) is 0 Å². The molecule has 3 rings (SSSR count). The van der Waals surface area contributed by atoms with Gasteiger partial charge in [0.2, 0.25) is 0 Å². The first kappa shape index (κ1) is 9.61. The fourth-order valence-corrected chi connectivity index (χ4v) is 2.29. The lowest BCUT2D eigenvalue weighted by molar-refractivity contribution is 0.273. The van der Waals surface area contributed by atoms with Crippen LogP contribution in [0.3, 0.4) is 0 Å². The zero-order chi connectivity index (χ0) is 10.8. The van der Waals surface area contributed by atoms with E-state index in [1.54, 1.807) is 0 Å². The third-order valence-electron chi connectivity index (χ3n) is 3.28. The number of rotatable bonds is 2. The molecule has 1 heterocycles. The van der Waals surface area contributed by atoms with Crippen molar-refractivity contribution < 1.29 is 0 Å². The van der Waals surface area contributed by atoms with Crippen molar-refractivity contribution in [3.8, 4) is 0 Å². The monoisotopic (exact) mass is 209 g/mol. The number of hydrogen-bond acceptors (Lipinski definition) is 1. The van der Waals surface area contributed by atoms with Crippen molar-refractivity contribution in [1.29, 1.82) is 0 Å². The molecule has 1 aliphatic heterocycles. The number of hydrogen-bond donors (Lipinski definition) is 1. The minimum Gasteiger partial charge on any atom is -0.303 e. The fraction of sp³-hybridized carbons (Fsp3) is 0.200. The first-order chi connectivity index (χ1) is 7.93. The molecule has 2 aromatic carbocycles. The van der Waals surface area contributed by atoms with Gasteiger partial charge in [-0.2, -0.15) is 0 Å². The van der Waals surface area contributed by atoms with Crippen LogP contribution in [0.2, 0.25) is 0 Å². The fourth-order valence-electron chi connectivity index (χ4n) is 2.29. The summed E-state index contributed by atoms with van der Waals surface area (Å²) < 4.78 is 0. The Morgan fingerprint density at radius 3 is 1.44 bits per heavy atom. The third kappa shape index (κ3) is 1.74. The molecule has 16 heavy (non-hydrogen) atoms. The Balaban J connectivity index is 1.68. The third-order valence-corrected chi connectivity index (χ3v) is 3.28. The van der Waals surface area contributed by atoms with E-state index in [4.69, 9.17) is 0 Å². The molecule has 1 fully saturated rings. The van der Waals surface area contributed by atoms with Crippen molar-refractivity contribution in [1.82, 2.24) is 5.32 Å². The predicted molar refractivity (Wildman–Crippen MR) is 66.1 cm³/mol. The predicted octanol–water partition coefficient (Wildman–Crippen LogP) is 3.46. The van der Waals surface area contributed by atoms with E-state index in [-0.39, 0.29) is 0 Å². The molecule has 1 nitrogen and oxygen atoms in total. The molecule has 0 amide bonds. The summed E-state index contributed by atoms with van der Waals surface area (Å²) in [5, 5.41) is 3.61. The van der Waals surface area contributed by atoms with Gasteiger partial charge in [-0.15, -0.1) is 0 Å². The average molecular weight is 209 g/mol. The molecule has 0 saturated carbocycles. The summed E-state index contributed by atoms with van der Waals surface area (Å²) in [4.78, 5) is 0. The number of nitrogens with one attached hydrogen (secondary N) is 1. The second kappa shape index (κ2) is 4.11. The molecule has 0 radical (unpaired) electrons. The van der Waals surface area contributed by atoms with Crippen molar-refractivity contribution in [2.24, 2.45) is 0 Å². The van der Waals surface area contributed by atoms with Gasteiger partial charge in [0.25, 0.3) is 0 Å². The topological polar surface area (TPSA) is 12.0 Å². The molecule has 0 aliphatic carbocycles. The molecule has 0 bridgehead atoms. The van der Waals surface area contributed by atoms with Crippen LogP contribution in [0.15, 0.2) is 60.7 Å². The van der Waals surface area contributed by atoms with Crippen LogP contribution in [0.25, 0.3) is 0 Å². The zero-order valence-corrected chi connectivity index (χ0v) is 9.14. The lowest BCUT2D eigenvalue weighted by atomic mass is 9.87. The molecule has 2 aromatic rings. The van der Waals surface area contributed by atoms with Gasteiger partial charge in [0, 0.05) is 12.1 Å². The van der Waals surface area contributed by atoms with Crippen LogP contribution < -0.4 is 5.32 Å². The summed E-state index contributed by atoms with van der Waals surface area (Å²) in [6.07, 6.45) is 1.20. The molecule has 1 N–H and O–H groups in total. The van der Waals surface area contributed by atoms with Gasteiger partial charge in [-0.25, -0.2) is 0 Å². The Morgan fingerprint density at radius 2 is 1.06 bits per heavy atom. The highest BCUT2D eigenvalue weighted by molar-refractivity contribution is 5.27. The highest BCUT2D eigenvalue weighted by Crippen LogP contribution is 2.36. The first-order valence-corrected chi connectivity index (χ1v) is 5.79. The molecule has 0 spiro atoms. The minimum atomic E-state index is 0.534. The Kier molecular flexibility index (Phi) is 2.47. The minimum absolute atomic E-state index is 0.534. The van der Waals surface area contributed by atoms with Crippen molar-refractivity contribution in [3.05, 3.63) is 71.8 Å². The van der Waals surface area contributed by atoms with Gasteiger partial charge in [-0.3, -0.25) is 0 Å². The van der Waals surface area contributed by atoms with Crippen molar-refractivity contribution in [2.75, 3.05) is 0 Å². The molecule has 1 aliphatic rings. The molecule has 0 unspecified atom stereocenters. The molecular weight excluding hydrogens is 194 g/mol. The number of benzene rings is 2. The second-order valence-electron chi connectivity index (χ2n) is 4.33. The molecule has 80 valence electrons. The van der Waals surface area contributed by atoms with Gasteiger partial charge in [0.1, 0.15) is 0 Å². The maximum atomic E-state index is 3.61. The lowest BCUT2D eigenvalue weighted by Crippen LogP contribution is -2.38. The van der Waals surface area contributed by atoms with E-state index in [0.29, 0.717) is 12.1 Å². The molecular formula is C15H15N. The lowest BCUT2D eigenvalue weighted by Gasteiger charge is -2.38. The standard InChI is InChI=1S/C15H15N/c1-3-7-12(8-4-1)14-11-15(16-14)13-9-5-2-6-10-13/h1-10,14-16H,11H2/t14-,15-/m0/s1. The second-order valence-corrected chi connectivity index (χ2v) is 4.33. The Morgan fingerprint density at radius 1 is 0.688 bits per heavy atom. The van der Waals surface area contributed by atoms with Gasteiger partial charge in [0.15, 0.2) is 0 Å². The molecule has 2 atom stereocenters. The van der Waals surface area contributed by atoms with E-state index in [9.17, 15) is 0 Å². The SMILES string of the molecule is c1ccc([C@@H]2C[C@@H](c3ccccc3)N2)cc1. The van der Waals surface area contributed by atoms with Gasteiger partial charge >= 0.3 is 0 Å². The first-order valence-electron chi connectivity index (χ1n) is 5.79. The van der Waals surface area contributed by atoms with Crippen LogP contribution in [0.1, 0.15) is 29.6 Å². The van der Waals surface area contributed by atoms with Gasteiger partial charge in [0.05, 0.1) is 0 Å². The van der Waals surface area contributed by atoms with Crippen LogP contribution in [0.4, 0.5) is 0 Å². The normalized spacial score (nSPS) is 23.8. The summed E-state index contributed by atoms with van der Waals surface area (Å²) in [5.74, 6) is 0. The van der Waals surface area contributed by atoms with E-state index in [2.05, 4.69) is 66.0 Å².